The number of anilines is 2. The summed E-state index contributed by atoms with van der Waals surface area (Å²) in [6.45, 7) is 4.78. The number of carbonyl (C=O) groups excluding carboxylic acids is 1. The molecule has 26 heavy (non-hydrogen) atoms. The van der Waals surface area contributed by atoms with Crippen molar-refractivity contribution >= 4 is 17.4 Å². The van der Waals surface area contributed by atoms with Crippen LogP contribution in [0.25, 0.3) is 0 Å². The number of nitrogens with one attached hydrogen (secondary N) is 1. The lowest BCUT2D eigenvalue weighted by Gasteiger charge is -2.12. The molecule has 138 valence electrons. The van der Waals surface area contributed by atoms with Crippen LogP contribution >= 0.6 is 0 Å². The van der Waals surface area contributed by atoms with Crippen LogP contribution < -0.4 is 15.8 Å². The van der Waals surface area contributed by atoms with Gasteiger partial charge >= 0.3 is 0 Å². The van der Waals surface area contributed by atoms with E-state index < -0.39 is 0 Å². The van der Waals surface area contributed by atoms with Gasteiger partial charge in [0.05, 0.1) is 24.5 Å². The maximum atomic E-state index is 12.6. The standard InChI is InChI=1S/C20H25N3O3/c1-4-5-6-10-26-16-9-7-8-15(12-16)22-20(24)17-11-14(2)18(13-25-3)23-19(17)21/h4-5,7-9,11-12H,6,10,13H2,1-3H3,(H2,21,23)(H,22,24). The lowest BCUT2D eigenvalue weighted by molar-refractivity contribution is 0.102. The van der Waals surface area contributed by atoms with Gasteiger partial charge in [-0.3, -0.25) is 4.79 Å². The maximum Gasteiger partial charge on any atom is 0.259 e. The molecule has 3 N–H and O–H groups in total. The molecule has 1 amide bonds. The number of methoxy groups -OCH3 is 1. The zero-order chi connectivity index (χ0) is 18.9. The monoisotopic (exact) mass is 355 g/mol. The van der Waals surface area contributed by atoms with E-state index in [1.54, 1.807) is 25.3 Å². The predicted molar refractivity (Wildman–Crippen MR) is 103 cm³/mol. The number of pyridine rings is 1. The molecule has 0 aliphatic heterocycles. The molecule has 2 aromatic rings. The number of nitrogen functional groups attached to an aromatic ring is 1. The normalized spacial score (nSPS) is 10.9. The molecular weight excluding hydrogens is 330 g/mol. The number of benzene rings is 1. The van der Waals surface area contributed by atoms with Gasteiger partial charge in [-0.2, -0.15) is 0 Å². The molecule has 1 aromatic carbocycles. The number of nitrogens with zero attached hydrogens (tertiary/aromatic N) is 1. The minimum Gasteiger partial charge on any atom is -0.493 e. The van der Waals surface area contributed by atoms with Crippen LogP contribution in [0.5, 0.6) is 5.75 Å². The van der Waals surface area contributed by atoms with Gasteiger partial charge in [-0.05, 0) is 44.0 Å². The van der Waals surface area contributed by atoms with Crippen LogP contribution in [0.3, 0.4) is 0 Å². The molecule has 6 heteroatoms. The molecule has 0 atom stereocenters. The molecule has 0 bridgehead atoms. The molecular formula is C20H25N3O3. The molecule has 0 fully saturated rings. The van der Waals surface area contributed by atoms with Crippen LogP contribution in [0, 0.1) is 6.92 Å². The second-order valence-electron chi connectivity index (χ2n) is 5.81. The molecule has 0 unspecified atom stereocenters. The van der Waals surface area contributed by atoms with E-state index in [0.29, 0.717) is 30.2 Å². The first-order valence-electron chi connectivity index (χ1n) is 8.45. The summed E-state index contributed by atoms with van der Waals surface area (Å²) in [4.78, 5) is 16.8. The molecule has 0 aliphatic carbocycles. The highest BCUT2D eigenvalue weighted by Crippen LogP contribution is 2.21. The third kappa shape index (κ3) is 5.32. The molecule has 6 nitrogen and oxygen atoms in total. The predicted octanol–water partition coefficient (Wildman–Crippen LogP) is 3.72. The van der Waals surface area contributed by atoms with Crippen LogP contribution in [0.15, 0.2) is 42.5 Å². The Balaban J connectivity index is 2.09. The van der Waals surface area contributed by atoms with Crippen molar-refractivity contribution in [1.29, 1.82) is 0 Å². The molecule has 0 aliphatic rings. The smallest absolute Gasteiger partial charge is 0.259 e. The highest BCUT2D eigenvalue weighted by molar-refractivity contribution is 6.07. The second kappa shape index (κ2) is 9.58. The Morgan fingerprint density at radius 3 is 2.88 bits per heavy atom. The average molecular weight is 355 g/mol. The summed E-state index contributed by atoms with van der Waals surface area (Å²) in [5, 5.41) is 2.84. The first kappa shape index (κ1) is 19.5. The second-order valence-corrected chi connectivity index (χ2v) is 5.81. The fourth-order valence-electron chi connectivity index (χ4n) is 2.41. The van der Waals surface area contributed by atoms with E-state index in [1.165, 1.54) is 0 Å². The Hall–Kier alpha value is -2.86. The quantitative estimate of drug-likeness (QED) is 0.557. The third-order valence-corrected chi connectivity index (χ3v) is 3.75. The number of nitrogens with two attached hydrogens (primary N) is 1. The zero-order valence-electron chi connectivity index (χ0n) is 15.4. The Morgan fingerprint density at radius 2 is 2.15 bits per heavy atom. The molecule has 0 saturated heterocycles. The molecule has 0 saturated carbocycles. The zero-order valence-corrected chi connectivity index (χ0v) is 15.4. The minimum atomic E-state index is -0.312. The number of rotatable bonds is 8. The van der Waals surface area contributed by atoms with Crippen LogP contribution in [-0.4, -0.2) is 24.6 Å². The SMILES string of the molecule is CC=CCCOc1cccc(NC(=O)c2cc(C)c(COC)nc2N)c1. The van der Waals surface area contributed by atoms with Gasteiger partial charge in [0.15, 0.2) is 0 Å². The van der Waals surface area contributed by atoms with Crippen LogP contribution in [0.4, 0.5) is 11.5 Å². The van der Waals surface area contributed by atoms with Crippen molar-refractivity contribution in [1.82, 2.24) is 4.98 Å². The summed E-state index contributed by atoms with van der Waals surface area (Å²) in [6, 6.07) is 8.99. The van der Waals surface area contributed by atoms with Crippen molar-refractivity contribution in [3.8, 4) is 5.75 Å². The minimum absolute atomic E-state index is 0.180. The molecule has 0 spiro atoms. The molecule has 2 rings (SSSR count). The van der Waals surface area contributed by atoms with E-state index in [-0.39, 0.29) is 11.7 Å². The van der Waals surface area contributed by atoms with E-state index in [4.69, 9.17) is 15.2 Å². The van der Waals surface area contributed by atoms with Gasteiger partial charge in [0.25, 0.3) is 5.91 Å². The number of aryl methyl sites for hydroxylation is 1. The number of hydrogen-bond donors (Lipinski definition) is 2. The van der Waals surface area contributed by atoms with Gasteiger partial charge in [0.1, 0.15) is 11.6 Å². The van der Waals surface area contributed by atoms with E-state index in [0.717, 1.165) is 17.7 Å². The fraction of sp³-hybridized carbons (Fsp3) is 0.300. The number of hydrogen-bond acceptors (Lipinski definition) is 5. The first-order valence-corrected chi connectivity index (χ1v) is 8.45. The van der Waals surface area contributed by atoms with Crippen molar-refractivity contribution in [2.45, 2.75) is 26.9 Å². The van der Waals surface area contributed by atoms with Crippen LogP contribution in [0.2, 0.25) is 0 Å². The molecule has 1 heterocycles. The van der Waals surface area contributed by atoms with Crippen molar-refractivity contribution in [2.75, 3.05) is 24.8 Å². The summed E-state index contributed by atoms with van der Waals surface area (Å²) in [7, 11) is 1.59. The number of ether oxygens (including phenoxy) is 2. The fourth-order valence-corrected chi connectivity index (χ4v) is 2.41. The Morgan fingerprint density at radius 1 is 1.35 bits per heavy atom. The summed E-state index contributed by atoms with van der Waals surface area (Å²) < 4.78 is 10.8. The Labute approximate surface area is 154 Å². The highest BCUT2D eigenvalue weighted by Gasteiger charge is 2.14. The van der Waals surface area contributed by atoms with Gasteiger partial charge in [0, 0.05) is 18.9 Å². The van der Waals surface area contributed by atoms with Gasteiger partial charge in [-0.25, -0.2) is 4.98 Å². The van der Waals surface area contributed by atoms with E-state index in [9.17, 15) is 4.79 Å². The van der Waals surface area contributed by atoms with Crippen molar-refractivity contribution < 1.29 is 14.3 Å². The van der Waals surface area contributed by atoms with Crippen LogP contribution in [-0.2, 0) is 11.3 Å². The topological polar surface area (TPSA) is 86.5 Å². The summed E-state index contributed by atoms with van der Waals surface area (Å²) in [5.74, 6) is 0.567. The van der Waals surface area contributed by atoms with Gasteiger partial charge < -0.3 is 20.5 Å². The molecule has 0 radical (unpaired) electrons. The third-order valence-electron chi connectivity index (χ3n) is 3.75. The summed E-state index contributed by atoms with van der Waals surface area (Å²) >= 11 is 0. The lowest BCUT2D eigenvalue weighted by Crippen LogP contribution is -2.16. The maximum absolute atomic E-state index is 12.6. The number of amides is 1. The number of allylic oxidation sites excluding steroid dienone is 1. The van der Waals surface area contributed by atoms with E-state index in [2.05, 4.69) is 10.3 Å². The Bertz CT molecular complexity index is 788. The first-order chi connectivity index (χ1) is 12.5. The molecule has 1 aromatic heterocycles. The summed E-state index contributed by atoms with van der Waals surface area (Å²) in [6.07, 6.45) is 4.86. The van der Waals surface area contributed by atoms with Crippen LogP contribution in [0.1, 0.15) is 35.0 Å². The van der Waals surface area contributed by atoms with Crippen molar-refractivity contribution in [2.24, 2.45) is 0 Å². The Kier molecular flexibility index (Phi) is 7.17. The number of carbonyl (C=O) groups is 1. The van der Waals surface area contributed by atoms with Gasteiger partial charge in [-0.15, -0.1) is 0 Å². The average Bonchev–Trinajstić information content (AvgIpc) is 2.62. The van der Waals surface area contributed by atoms with Gasteiger partial charge in [0.2, 0.25) is 0 Å². The van der Waals surface area contributed by atoms with Crippen molar-refractivity contribution in [3.63, 3.8) is 0 Å². The lowest BCUT2D eigenvalue weighted by atomic mass is 10.1. The summed E-state index contributed by atoms with van der Waals surface area (Å²) in [5.41, 5.74) is 8.49. The van der Waals surface area contributed by atoms with E-state index >= 15 is 0 Å². The van der Waals surface area contributed by atoms with Crippen molar-refractivity contribution in [3.05, 3.63) is 59.3 Å². The highest BCUT2D eigenvalue weighted by atomic mass is 16.5. The number of aromatic nitrogens is 1. The largest absolute Gasteiger partial charge is 0.493 e. The van der Waals surface area contributed by atoms with E-state index in [1.807, 2.05) is 38.1 Å². The van der Waals surface area contributed by atoms with Gasteiger partial charge in [-0.1, -0.05) is 18.2 Å².